The molecule has 4 rings (SSSR count). The van der Waals surface area contributed by atoms with Crippen molar-refractivity contribution in [2.24, 2.45) is 0 Å². The first-order valence-corrected chi connectivity index (χ1v) is 8.27. The molecule has 24 heavy (non-hydrogen) atoms. The van der Waals surface area contributed by atoms with Gasteiger partial charge in [0, 0.05) is 12.7 Å². The van der Waals surface area contributed by atoms with Crippen molar-refractivity contribution in [3.8, 4) is 5.75 Å². The van der Waals surface area contributed by atoms with Gasteiger partial charge in [-0.1, -0.05) is 12.1 Å². The normalized spacial score (nSPS) is 18.0. The van der Waals surface area contributed by atoms with Gasteiger partial charge in [-0.3, -0.25) is 4.79 Å². The molecule has 0 spiro atoms. The number of nitrogens with zero attached hydrogens (tertiary/aromatic N) is 3. The Morgan fingerprint density at radius 2 is 2.04 bits per heavy atom. The molecule has 1 aromatic carbocycles. The van der Waals surface area contributed by atoms with Crippen molar-refractivity contribution in [2.75, 3.05) is 6.54 Å². The third kappa shape index (κ3) is 2.52. The first-order chi connectivity index (χ1) is 11.7. The minimum Gasteiger partial charge on any atom is -0.508 e. The number of phenols is 1. The van der Waals surface area contributed by atoms with Gasteiger partial charge in [0.15, 0.2) is 0 Å². The van der Waals surface area contributed by atoms with E-state index in [1.807, 2.05) is 41.3 Å². The van der Waals surface area contributed by atoms with Crippen molar-refractivity contribution in [2.45, 2.75) is 25.3 Å². The third-order valence-corrected chi connectivity index (χ3v) is 4.66. The summed E-state index contributed by atoms with van der Waals surface area (Å²) in [5, 5.41) is 14.1. The van der Waals surface area contributed by atoms with Crippen LogP contribution in [0.4, 0.5) is 0 Å². The number of fused-ring (bicyclic) bond motifs is 1. The first kappa shape index (κ1) is 14.8. The van der Waals surface area contributed by atoms with E-state index in [4.69, 9.17) is 0 Å². The molecule has 1 aliphatic heterocycles. The van der Waals surface area contributed by atoms with Crippen LogP contribution in [0.5, 0.6) is 5.75 Å². The summed E-state index contributed by atoms with van der Waals surface area (Å²) in [7, 11) is 0. The van der Waals surface area contributed by atoms with Gasteiger partial charge in [0.1, 0.15) is 11.4 Å². The molecule has 3 heterocycles. The van der Waals surface area contributed by atoms with Crippen molar-refractivity contribution < 1.29 is 9.90 Å². The average Bonchev–Trinajstić information content (AvgIpc) is 3.05. The molecule has 1 unspecified atom stereocenters. The Balaban J connectivity index is 1.71. The molecule has 1 aliphatic rings. The minimum atomic E-state index is -0.0123. The molecular formula is C19H19N3O2. The smallest absolute Gasteiger partial charge is 0.273 e. The summed E-state index contributed by atoms with van der Waals surface area (Å²) >= 11 is 0. The Labute approximate surface area is 140 Å². The number of phenolic OH excluding ortho intramolecular Hbond substituents is 1. The Kier molecular flexibility index (Phi) is 3.69. The molecule has 2 aromatic heterocycles. The third-order valence-electron chi connectivity index (χ3n) is 4.66. The molecule has 1 amide bonds. The summed E-state index contributed by atoms with van der Waals surface area (Å²) in [5.41, 5.74) is 2.47. The van der Waals surface area contributed by atoms with Crippen molar-refractivity contribution >= 4 is 11.4 Å². The molecule has 122 valence electrons. The van der Waals surface area contributed by atoms with Crippen molar-refractivity contribution in [3.05, 3.63) is 66.0 Å². The van der Waals surface area contributed by atoms with Gasteiger partial charge in [0.05, 0.1) is 11.6 Å². The molecular weight excluding hydrogens is 302 g/mol. The van der Waals surface area contributed by atoms with Crippen molar-refractivity contribution in [3.63, 3.8) is 0 Å². The maximum Gasteiger partial charge on any atom is 0.273 e. The van der Waals surface area contributed by atoms with Crippen molar-refractivity contribution in [1.82, 2.24) is 14.5 Å². The maximum atomic E-state index is 13.1. The highest BCUT2D eigenvalue weighted by Gasteiger charge is 2.30. The number of aromatic nitrogens is 2. The summed E-state index contributed by atoms with van der Waals surface area (Å²) in [6, 6.07) is 14.8. The molecule has 5 heteroatoms. The predicted octanol–water partition coefficient (Wildman–Crippen LogP) is 3.41. The topological polar surface area (TPSA) is 57.8 Å². The van der Waals surface area contributed by atoms with Crippen molar-refractivity contribution in [1.29, 1.82) is 0 Å². The molecule has 3 aromatic rings. The highest BCUT2D eigenvalue weighted by atomic mass is 16.3. The minimum absolute atomic E-state index is 0.00684. The largest absolute Gasteiger partial charge is 0.508 e. The molecule has 5 nitrogen and oxygen atoms in total. The van der Waals surface area contributed by atoms with Crippen LogP contribution in [0.3, 0.4) is 0 Å². The average molecular weight is 321 g/mol. The molecule has 1 saturated heterocycles. The quantitative estimate of drug-likeness (QED) is 0.787. The van der Waals surface area contributed by atoms with Crippen LogP contribution >= 0.6 is 0 Å². The van der Waals surface area contributed by atoms with E-state index in [1.165, 1.54) is 0 Å². The van der Waals surface area contributed by atoms with E-state index in [0.717, 1.165) is 36.9 Å². The first-order valence-electron chi connectivity index (χ1n) is 8.27. The lowest BCUT2D eigenvalue weighted by molar-refractivity contribution is 0.0602. The van der Waals surface area contributed by atoms with E-state index in [-0.39, 0.29) is 17.7 Å². The second-order valence-corrected chi connectivity index (χ2v) is 6.18. The summed E-state index contributed by atoms with van der Waals surface area (Å²) in [6.45, 7) is 0.721. The number of benzene rings is 1. The Morgan fingerprint density at radius 3 is 2.92 bits per heavy atom. The molecule has 1 N–H and O–H groups in total. The standard InChI is InChI=1S/C19H19N3O2/c23-16-7-3-5-14(13-16)17-8-1-2-12-21(17)19(24)18-10-9-15-6-4-11-20-22(15)18/h3-7,9-11,13,17,23H,1-2,8,12H2. The molecule has 1 atom stereocenters. The number of likely N-dealkylation sites (tertiary alicyclic amines) is 1. The predicted molar refractivity (Wildman–Crippen MR) is 90.9 cm³/mol. The lowest BCUT2D eigenvalue weighted by Crippen LogP contribution is -2.39. The second kappa shape index (κ2) is 6.00. The molecule has 1 fully saturated rings. The Morgan fingerprint density at radius 1 is 1.12 bits per heavy atom. The number of hydrogen-bond acceptors (Lipinski definition) is 3. The van der Waals surface area contributed by atoms with Crippen LogP contribution in [0.25, 0.3) is 5.52 Å². The lowest BCUT2D eigenvalue weighted by Gasteiger charge is -2.36. The highest BCUT2D eigenvalue weighted by molar-refractivity contribution is 5.94. The van der Waals surface area contributed by atoms with Gasteiger partial charge in [-0.25, -0.2) is 4.52 Å². The van der Waals surface area contributed by atoms with E-state index in [0.29, 0.717) is 5.69 Å². The SMILES string of the molecule is O=C(c1ccc2cccnn12)N1CCCCC1c1cccc(O)c1. The maximum absolute atomic E-state index is 13.1. The van der Waals surface area contributed by atoms with Gasteiger partial charge in [-0.15, -0.1) is 0 Å². The zero-order valence-corrected chi connectivity index (χ0v) is 13.3. The van der Waals surface area contributed by atoms with E-state index >= 15 is 0 Å². The Hall–Kier alpha value is -2.82. The van der Waals surface area contributed by atoms with Gasteiger partial charge in [0.25, 0.3) is 5.91 Å². The molecule has 0 bridgehead atoms. The molecule has 0 saturated carbocycles. The molecule has 0 radical (unpaired) electrons. The fourth-order valence-electron chi connectivity index (χ4n) is 3.51. The van der Waals surface area contributed by atoms with Crippen LogP contribution in [0, 0.1) is 0 Å². The zero-order valence-electron chi connectivity index (χ0n) is 13.3. The highest BCUT2D eigenvalue weighted by Crippen LogP contribution is 2.33. The van der Waals surface area contributed by atoms with Gasteiger partial charge in [-0.05, 0) is 61.2 Å². The Bertz CT molecular complexity index is 887. The van der Waals surface area contributed by atoms with Gasteiger partial charge in [-0.2, -0.15) is 5.10 Å². The van der Waals surface area contributed by atoms with Gasteiger partial charge < -0.3 is 10.0 Å². The number of piperidine rings is 1. The summed E-state index contributed by atoms with van der Waals surface area (Å²) < 4.78 is 1.69. The van der Waals surface area contributed by atoms with E-state index in [1.54, 1.807) is 22.8 Å². The second-order valence-electron chi connectivity index (χ2n) is 6.18. The van der Waals surface area contributed by atoms with Crippen LogP contribution in [0.2, 0.25) is 0 Å². The number of amides is 1. The van der Waals surface area contributed by atoms with Crippen LogP contribution in [0.1, 0.15) is 41.4 Å². The lowest BCUT2D eigenvalue weighted by atomic mass is 9.94. The monoisotopic (exact) mass is 321 g/mol. The van der Waals surface area contributed by atoms with Gasteiger partial charge >= 0.3 is 0 Å². The van der Waals surface area contributed by atoms with E-state index in [2.05, 4.69) is 5.10 Å². The van der Waals surface area contributed by atoms with E-state index < -0.39 is 0 Å². The van der Waals surface area contributed by atoms with Crippen LogP contribution in [-0.4, -0.2) is 32.1 Å². The molecule has 0 aliphatic carbocycles. The van der Waals surface area contributed by atoms with Crippen LogP contribution in [0.15, 0.2) is 54.7 Å². The summed E-state index contributed by atoms with van der Waals surface area (Å²) in [6.07, 6.45) is 4.67. The fourth-order valence-corrected chi connectivity index (χ4v) is 3.51. The zero-order chi connectivity index (χ0) is 16.5. The number of aromatic hydroxyl groups is 1. The van der Waals surface area contributed by atoms with Gasteiger partial charge in [0.2, 0.25) is 0 Å². The fraction of sp³-hybridized carbons (Fsp3) is 0.263. The summed E-state index contributed by atoms with van der Waals surface area (Å²) in [5.74, 6) is 0.224. The number of hydrogen-bond donors (Lipinski definition) is 1. The van der Waals surface area contributed by atoms with Crippen LogP contribution in [-0.2, 0) is 0 Å². The summed E-state index contributed by atoms with van der Waals surface area (Å²) in [4.78, 5) is 15.1. The number of carbonyl (C=O) groups is 1. The number of carbonyl (C=O) groups excluding carboxylic acids is 1. The van der Waals surface area contributed by atoms with E-state index in [9.17, 15) is 9.90 Å². The number of rotatable bonds is 2. The van der Waals surface area contributed by atoms with Crippen LogP contribution < -0.4 is 0 Å².